The Kier molecular flexibility index (Phi) is 18.2. The zero-order chi connectivity index (χ0) is 8.27. The molecule has 2 nitrogen and oxygen atoms in total. The van der Waals surface area contributed by atoms with Crippen LogP contribution < -0.4 is 0 Å². The Morgan fingerprint density at radius 2 is 2.00 bits per heavy atom. The first-order chi connectivity index (χ1) is 5.25. The molecule has 0 saturated carbocycles. The van der Waals surface area contributed by atoms with Gasteiger partial charge >= 0.3 is 47.8 Å². The minimum Gasteiger partial charge on any atom is 0 e. The minimum atomic E-state index is 0. The summed E-state index contributed by atoms with van der Waals surface area (Å²) in [7, 11) is 2.06. The monoisotopic (exact) mass is 626 g/mol. The molecule has 0 aliphatic carbocycles. The average Bonchev–Trinajstić information content (AvgIpc) is 2.29. The number of halogens is 1. The largest absolute Gasteiger partial charge is 0 e. The van der Waals surface area contributed by atoms with E-state index in [4.69, 9.17) is 0 Å². The van der Waals surface area contributed by atoms with Crippen LogP contribution >= 0.6 is 22.6 Å². The Labute approximate surface area is 150 Å². The zero-order valence-corrected chi connectivity index (χ0v) is 20.2. The first-order valence-electron chi connectivity index (χ1n) is 3.91. The van der Waals surface area contributed by atoms with Crippen LogP contribution in [0, 0.1) is 3.70 Å². The fourth-order valence-corrected chi connectivity index (χ4v) is 1.83. The maximum Gasteiger partial charge on any atom is 0 e. The van der Waals surface area contributed by atoms with Gasteiger partial charge in [0.25, 0.3) is 0 Å². The van der Waals surface area contributed by atoms with Crippen LogP contribution in [0.4, 0.5) is 0 Å². The second-order valence-corrected chi connectivity index (χ2v) is 3.72. The molecule has 0 fully saturated rings. The van der Waals surface area contributed by atoms with Crippen molar-refractivity contribution in [2.75, 3.05) is 0 Å². The van der Waals surface area contributed by atoms with E-state index in [0.29, 0.717) is 0 Å². The third-order valence-electron chi connectivity index (χ3n) is 1.78. The molecule has 0 aromatic carbocycles. The molecule has 0 atom stereocenters. The molecule has 1 aromatic rings. The van der Waals surface area contributed by atoms with Crippen molar-refractivity contribution in [2.45, 2.75) is 26.2 Å². The van der Waals surface area contributed by atoms with Crippen LogP contribution in [-0.4, -0.2) is 81.3 Å². The van der Waals surface area contributed by atoms with Crippen molar-refractivity contribution in [1.82, 2.24) is 9.55 Å². The molecule has 0 saturated heterocycles. The first kappa shape index (κ1) is 21.6. The van der Waals surface area contributed by atoms with Crippen molar-refractivity contribution in [3.63, 3.8) is 0 Å². The summed E-state index contributed by atoms with van der Waals surface area (Å²) in [5.41, 5.74) is 1.37. The van der Waals surface area contributed by atoms with Crippen LogP contribution in [0.2, 0.25) is 0 Å². The molecule has 14 heavy (non-hydrogen) atoms. The van der Waals surface area contributed by atoms with Gasteiger partial charge in [-0.3, -0.25) is 0 Å². The standard InChI is InChI=1S/C8H13IN2.3Sn.2H/c1-3-4-5-7-8(9)10-6-11(7)2;;;;;/h6H,3-5H2,1-2H3;;;;;. The van der Waals surface area contributed by atoms with Gasteiger partial charge in [-0.25, -0.2) is 4.98 Å². The normalized spacial score (nSPS) is 8.21. The topological polar surface area (TPSA) is 17.8 Å². The number of rotatable bonds is 3. The van der Waals surface area contributed by atoms with Gasteiger partial charge in [0.05, 0.1) is 12.0 Å². The van der Waals surface area contributed by atoms with Crippen molar-refractivity contribution in [3.8, 4) is 0 Å². The van der Waals surface area contributed by atoms with E-state index in [1.54, 1.807) is 0 Å². The van der Waals surface area contributed by atoms with E-state index in [1.807, 2.05) is 6.33 Å². The van der Waals surface area contributed by atoms with E-state index in [2.05, 4.69) is 46.1 Å². The molecule has 6 heteroatoms. The molecular formula is C8H15IN2Sn3. The molecule has 0 aliphatic heterocycles. The summed E-state index contributed by atoms with van der Waals surface area (Å²) >= 11 is 2.29. The Hall–Kier alpha value is 2.34. The Bertz CT molecular complexity index is 221. The Balaban J connectivity index is -0.000000403. The van der Waals surface area contributed by atoms with E-state index >= 15 is 0 Å². The third-order valence-corrected chi connectivity index (χ3v) is 2.68. The molecule has 1 heterocycles. The molecule has 1 rings (SSSR count). The molecule has 0 unspecified atom stereocenters. The molecule has 0 amide bonds. The molecule has 0 bridgehead atoms. The summed E-state index contributed by atoms with van der Waals surface area (Å²) in [6, 6.07) is 0. The quantitative estimate of drug-likeness (QED) is 0.359. The van der Waals surface area contributed by atoms with Crippen LogP contribution in [0.1, 0.15) is 25.5 Å². The summed E-state index contributed by atoms with van der Waals surface area (Å²) in [5, 5.41) is 0. The van der Waals surface area contributed by atoms with Crippen molar-refractivity contribution in [3.05, 3.63) is 15.7 Å². The summed E-state index contributed by atoms with van der Waals surface area (Å²) < 4.78 is 3.26. The molecule has 76 valence electrons. The number of nitrogens with zero attached hydrogens (tertiary/aromatic N) is 2. The van der Waals surface area contributed by atoms with Crippen LogP contribution in [0.15, 0.2) is 6.33 Å². The van der Waals surface area contributed by atoms with Gasteiger partial charge in [0, 0.05) is 31.0 Å². The summed E-state index contributed by atoms with van der Waals surface area (Å²) in [6.45, 7) is 2.21. The van der Waals surface area contributed by atoms with E-state index in [9.17, 15) is 0 Å². The first-order valence-corrected chi connectivity index (χ1v) is 4.99. The molecule has 0 aliphatic rings. The van der Waals surface area contributed by atoms with Crippen molar-refractivity contribution < 1.29 is 0 Å². The fraction of sp³-hybridized carbons (Fsp3) is 0.625. The van der Waals surface area contributed by atoms with Gasteiger partial charge in [0.1, 0.15) is 3.70 Å². The van der Waals surface area contributed by atoms with E-state index in [0.717, 1.165) is 10.1 Å². The molecule has 0 N–H and O–H groups in total. The molecule has 1 aromatic heterocycles. The van der Waals surface area contributed by atoms with Gasteiger partial charge in [-0.05, 0) is 35.4 Å². The smallest absolute Gasteiger partial charge is 0 e. The van der Waals surface area contributed by atoms with Gasteiger partial charge in [-0.15, -0.1) is 0 Å². The number of aromatic nitrogens is 2. The number of hydrogen-bond acceptors (Lipinski definition) is 1. The molecule has 10 radical (unpaired) electrons. The van der Waals surface area contributed by atoms with Gasteiger partial charge in [0.15, 0.2) is 0 Å². The summed E-state index contributed by atoms with van der Waals surface area (Å²) in [6.07, 6.45) is 5.55. The van der Waals surface area contributed by atoms with E-state index in [1.165, 1.54) is 18.5 Å². The minimum absolute atomic E-state index is 0. The second kappa shape index (κ2) is 11.8. The van der Waals surface area contributed by atoms with Gasteiger partial charge in [-0.1, -0.05) is 13.3 Å². The molecule has 0 spiro atoms. The van der Waals surface area contributed by atoms with Crippen molar-refractivity contribution in [2.24, 2.45) is 7.05 Å². The van der Waals surface area contributed by atoms with Crippen LogP contribution in [0.5, 0.6) is 0 Å². The van der Waals surface area contributed by atoms with Gasteiger partial charge in [0.2, 0.25) is 0 Å². The Morgan fingerprint density at radius 3 is 2.36 bits per heavy atom. The van der Waals surface area contributed by atoms with E-state index < -0.39 is 0 Å². The number of hydrogen-bond donors (Lipinski definition) is 0. The fourth-order valence-electron chi connectivity index (χ4n) is 1.05. The Morgan fingerprint density at radius 1 is 1.43 bits per heavy atom. The summed E-state index contributed by atoms with van der Waals surface area (Å²) in [5.74, 6) is 0. The SMILES string of the molecule is CCCCc1c(I)ncn1C.[SnH].[SnH].[Sn]. The number of aryl methyl sites for hydroxylation is 1. The predicted octanol–water partition coefficient (Wildman–Crippen LogP) is 0.689. The van der Waals surface area contributed by atoms with E-state index in [-0.39, 0.29) is 71.7 Å². The predicted molar refractivity (Wildman–Crippen MR) is 74.6 cm³/mol. The third kappa shape index (κ3) is 6.82. The van der Waals surface area contributed by atoms with Gasteiger partial charge in [-0.2, -0.15) is 0 Å². The maximum atomic E-state index is 4.22. The van der Waals surface area contributed by atoms with Crippen molar-refractivity contribution >= 4 is 94.3 Å². The zero-order valence-electron chi connectivity index (χ0n) is 8.63. The van der Waals surface area contributed by atoms with Crippen molar-refractivity contribution in [1.29, 1.82) is 0 Å². The number of unbranched alkanes of at least 4 members (excludes halogenated alkanes) is 1. The van der Waals surface area contributed by atoms with Crippen LogP contribution in [0.3, 0.4) is 0 Å². The average molecular weight is 622 g/mol. The van der Waals surface area contributed by atoms with Crippen LogP contribution in [-0.2, 0) is 13.5 Å². The summed E-state index contributed by atoms with van der Waals surface area (Å²) in [4.78, 5) is 4.22. The number of imidazole rings is 1. The second-order valence-electron chi connectivity index (χ2n) is 2.70. The molecular weight excluding hydrogens is 607 g/mol. The van der Waals surface area contributed by atoms with Crippen LogP contribution in [0.25, 0.3) is 0 Å². The maximum absolute atomic E-state index is 4.22. The van der Waals surface area contributed by atoms with Gasteiger partial charge < -0.3 is 4.57 Å².